The van der Waals surface area contributed by atoms with Crippen LogP contribution in [0, 0.1) is 5.92 Å². The SMILES string of the molecule is CCCC(=O)N1CCC[C@H](C(=O)N2CCOC[C@H]2CC(=O)O)C1. The summed E-state index contributed by atoms with van der Waals surface area (Å²) in [5.41, 5.74) is 0. The fraction of sp³-hybridized carbons (Fsp3) is 0.812. The van der Waals surface area contributed by atoms with Gasteiger partial charge in [0.05, 0.1) is 31.6 Å². The number of hydrogen-bond acceptors (Lipinski definition) is 4. The van der Waals surface area contributed by atoms with Gasteiger partial charge in [0.2, 0.25) is 11.8 Å². The van der Waals surface area contributed by atoms with Gasteiger partial charge in [-0.05, 0) is 19.3 Å². The lowest BCUT2D eigenvalue weighted by Gasteiger charge is -2.39. The number of ether oxygens (including phenoxy) is 1. The predicted molar refractivity (Wildman–Crippen MR) is 82.8 cm³/mol. The molecule has 2 rings (SSSR count). The zero-order valence-electron chi connectivity index (χ0n) is 13.7. The van der Waals surface area contributed by atoms with E-state index in [9.17, 15) is 14.4 Å². The monoisotopic (exact) mass is 326 g/mol. The quantitative estimate of drug-likeness (QED) is 0.805. The fourth-order valence-corrected chi connectivity index (χ4v) is 3.33. The second-order valence-electron chi connectivity index (χ2n) is 6.29. The molecule has 2 aliphatic heterocycles. The molecule has 0 saturated carbocycles. The average molecular weight is 326 g/mol. The van der Waals surface area contributed by atoms with E-state index in [4.69, 9.17) is 9.84 Å². The van der Waals surface area contributed by atoms with Crippen LogP contribution in [0.25, 0.3) is 0 Å². The van der Waals surface area contributed by atoms with E-state index >= 15 is 0 Å². The molecule has 130 valence electrons. The van der Waals surface area contributed by atoms with Gasteiger partial charge in [-0.25, -0.2) is 0 Å². The van der Waals surface area contributed by atoms with Crippen LogP contribution in [0.1, 0.15) is 39.0 Å². The number of carboxylic acids is 1. The van der Waals surface area contributed by atoms with Crippen LogP contribution in [0.3, 0.4) is 0 Å². The number of carbonyl (C=O) groups excluding carboxylic acids is 2. The first kappa shape index (κ1) is 17.7. The Bertz CT molecular complexity index is 454. The Kier molecular flexibility index (Phi) is 6.38. The molecule has 2 saturated heterocycles. The van der Waals surface area contributed by atoms with Crippen LogP contribution in [-0.4, -0.2) is 71.6 Å². The lowest BCUT2D eigenvalue weighted by molar-refractivity contribution is -0.151. The van der Waals surface area contributed by atoms with Crippen molar-refractivity contribution in [1.82, 2.24) is 9.80 Å². The van der Waals surface area contributed by atoms with Crippen molar-refractivity contribution >= 4 is 17.8 Å². The molecule has 7 heteroatoms. The first-order valence-corrected chi connectivity index (χ1v) is 8.40. The Labute approximate surface area is 136 Å². The average Bonchev–Trinajstić information content (AvgIpc) is 2.54. The van der Waals surface area contributed by atoms with Gasteiger partial charge in [-0.2, -0.15) is 0 Å². The summed E-state index contributed by atoms with van der Waals surface area (Å²) in [6.07, 6.45) is 2.79. The molecule has 0 unspecified atom stereocenters. The van der Waals surface area contributed by atoms with E-state index in [1.54, 1.807) is 9.80 Å². The maximum Gasteiger partial charge on any atom is 0.305 e. The summed E-state index contributed by atoms with van der Waals surface area (Å²) in [7, 11) is 0. The normalized spacial score (nSPS) is 25.3. The van der Waals surface area contributed by atoms with Crippen LogP contribution in [0.2, 0.25) is 0 Å². The van der Waals surface area contributed by atoms with Gasteiger partial charge < -0.3 is 19.6 Å². The number of amides is 2. The Morgan fingerprint density at radius 1 is 1.26 bits per heavy atom. The van der Waals surface area contributed by atoms with Crippen molar-refractivity contribution in [2.24, 2.45) is 5.92 Å². The third-order valence-electron chi connectivity index (χ3n) is 4.51. The summed E-state index contributed by atoms with van der Waals surface area (Å²) in [4.78, 5) is 39.3. The van der Waals surface area contributed by atoms with E-state index in [1.807, 2.05) is 6.92 Å². The first-order chi connectivity index (χ1) is 11.0. The van der Waals surface area contributed by atoms with Crippen LogP contribution in [0.15, 0.2) is 0 Å². The molecule has 2 heterocycles. The van der Waals surface area contributed by atoms with Crippen molar-refractivity contribution in [3.63, 3.8) is 0 Å². The number of nitrogens with zero attached hydrogens (tertiary/aromatic N) is 2. The maximum absolute atomic E-state index is 12.8. The summed E-state index contributed by atoms with van der Waals surface area (Å²) in [5, 5.41) is 9.00. The summed E-state index contributed by atoms with van der Waals surface area (Å²) in [6.45, 7) is 4.26. The van der Waals surface area contributed by atoms with E-state index in [2.05, 4.69) is 0 Å². The molecule has 1 N–H and O–H groups in total. The Hall–Kier alpha value is -1.63. The fourth-order valence-electron chi connectivity index (χ4n) is 3.33. The number of morpholine rings is 1. The smallest absolute Gasteiger partial charge is 0.305 e. The van der Waals surface area contributed by atoms with Gasteiger partial charge in [0.1, 0.15) is 0 Å². The lowest BCUT2D eigenvalue weighted by atomic mass is 9.95. The van der Waals surface area contributed by atoms with E-state index in [1.165, 1.54) is 0 Å². The van der Waals surface area contributed by atoms with Crippen molar-refractivity contribution in [3.05, 3.63) is 0 Å². The van der Waals surface area contributed by atoms with Crippen molar-refractivity contribution in [3.8, 4) is 0 Å². The molecule has 7 nitrogen and oxygen atoms in total. The van der Waals surface area contributed by atoms with Crippen LogP contribution in [0.5, 0.6) is 0 Å². The molecule has 0 aromatic heterocycles. The van der Waals surface area contributed by atoms with Gasteiger partial charge in [-0.15, -0.1) is 0 Å². The first-order valence-electron chi connectivity index (χ1n) is 8.40. The van der Waals surface area contributed by atoms with Crippen LogP contribution < -0.4 is 0 Å². The molecule has 2 aliphatic rings. The molecule has 0 aromatic carbocycles. The van der Waals surface area contributed by atoms with Gasteiger partial charge in [0.15, 0.2) is 0 Å². The number of aliphatic carboxylic acids is 1. The highest BCUT2D eigenvalue weighted by Crippen LogP contribution is 2.22. The number of carbonyl (C=O) groups is 3. The van der Waals surface area contributed by atoms with Crippen LogP contribution in [0.4, 0.5) is 0 Å². The summed E-state index contributed by atoms with van der Waals surface area (Å²) in [6, 6.07) is -0.407. The number of rotatable bonds is 5. The summed E-state index contributed by atoms with van der Waals surface area (Å²) >= 11 is 0. The van der Waals surface area contributed by atoms with Crippen LogP contribution in [-0.2, 0) is 19.1 Å². The topological polar surface area (TPSA) is 87.2 Å². The molecule has 0 aliphatic carbocycles. The van der Waals surface area contributed by atoms with Crippen molar-refractivity contribution in [1.29, 1.82) is 0 Å². The highest BCUT2D eigenvalue weighted by molar-refractivity contribution is 5.82. The van der Waals surface area contributed by atoms with E-state index in [0.29, 0.717) is 32.7 Å². The number of carboxylic acid groups (broad SMARTS) is 1. The van der Waals surface area contributed by atoms with E-state index in [0.717, 1.165) is 19.3 Å². The molecule has 0 bridgehead atoms. The van der Waals surface area contributed by atoms with E-state index in [-0.39, 0.29) is 30.8 Å². The molecule has 0 spiro atoms. The number of likely N-dealkylation sites (tertiary alicyclic amines) is 1. The zero-order chi connectivity index (χ0) is 16.8. The van der Waals surface area contributed by atoms with Gasteiger partial charge in [0, 0.05) is 26.1 Å². The second kappa shape index (κ2) is 8.29. The summed E-state index contributed by atoms with van der Waals surface area (Å²) < 4.78 is 5.32. The number of hydrogen-bond donors (Lipinski definition) is 1. The molecule has 2 atom stereocenters. The van der Waals surface area contributed by atoms with Crippen molar-refractivity contribution in [2.75, 3.05) is 32.8 Å². The highest BCUT2D eigenvalue weighted by atomic mass is 16.5. The third-order valence-corrected chi connectivity index (χ3v) is 4.51. The van der Waals surface area contributed by atoms with Gasteiger partial charge >= 0.3 is 5.97 Å². The Morgan fingerprint density at radius 3 is 2.74 bits per heavy atom. The van der Waals surface area contributed by atoms with Gasteiger partial charge in [-0.1, -0.05) is 6.92 Å². The molecule has 2 fully saturated rings. The molecule has 0 aromatic rings. The predicted octanol–water partition coefficient (Wildman–Crippen LogP) is 0.727. The number of piperidine rings is 1. The minimum Gasteiger partial charge on any atom is -0.481 e. The largest absolute Gasteiger partial charge is 0.481 e. The minimum atomic E-state index is -0.929. The Morgan fingerprint density at radius 2 is 2.04 bits per heavy atom. The standard InChI is InChI=1S/C16H26N2O5/c1-2-4-14(19)17-6-3-5-12(10-17)16(22)18-7-8-23-11-13(18)9-15(20)21/h12-13H,2-11H2,1H3,(H,20,21)/t12-,13+/m0/s1. The Balaban J connectivity index is 1.99. The lowest BCUT2D eigenvalue weighted by Crippen LogP contribution is -2.54. The zero-order valence-corrected chi connectivity index (χ0v) is 13.7. The summed E-state index contributed by atoms with van der Waals surface area (Å²) in [5.74, 6) is -1.08. The van der Waals surface area contributed by atoms with Crippen molar-refractivity contribution < 1.29 is 24.2 Å². The molecule has 0 radical (unpaired) electrons. The molecule has 23 heavy (non-hydrogen) atoms. The van der Waals surface area contributed by atoms with Crippen molar-refractivity contribution in [2.45, 2.75) is 45.1 Å². The van der Waals surface area contributed by atoms with Crippen LogP contribution >= 0.6 is 0 Å². The molecule has 2 amide bonds. The van der Waals surface area contributed by atoms with E-state index < -0.39 is 12.0 Å². The van der Waals surface area contributed by atoms with Gasteiger partial charge in [0.25, 0.3) is 0 Å². The second-order valence-corrected chi connectivity index (χ2v) is 6.29. The molecular weight excluding hydrogens is 300 g/mol. The highest BCUT2D eigenvalue weighted by Gasteiger charge is 2.35. The minimum absolute atomic E-state index is 0.0338. The van der Waals surface area contributed by atoms with Gasteiger partial charge in [-0.3, -0.25) is 14.4 Å². The molecular formula is C16H26N2O5. The third kappa shape index (κ3) is 4.67. The maximum atomic E-state index is 12.8.